The Morgan fingerprint density at radius 3 is 2.89 bits per heavy atom. The third-order valence-corrected chi connectivity index (χ3v) is 3.77. The average molecular weight is 262 g/mol. The molecule has 1 aromatic carbocycles. The summed E-state index contributed by atoms with van der Waals surface area (Å²) < 4.78 is 0. The van der Waals surface area contributed by atoms with Gasteiger partial charge in [0, 0.05) is 30.9 Å². The van der Waals surface area contributed by atoms with Crippen molar-refractivity contribution in [1.82, 2.24) is 0 Å². The predicted molar refractivity (Wildman–Crippen MR) is 77.8 cm³/mol. The molecule has 0 saturated carbocycles. The lowest BCUT2D eigenvalue weighted by atomic mass is 10.0. The quantitative estimate of drug-likeness (QED) is 0.443. The summed E-state index contributed by atoms with van der Waals surface area (Å²) in [6, 6.07) is 5.29. The first-order valence-corrected chi connectivity index (χ1v) is 7.24. The molecule has 0 unspecified atom stereocenters. The fourth-order valence-corrected chi connectivity index (χ4v) is 2.74. The number of unbranched alkanes of at least 4 members (excludes halogenated alkanes) is 3. The lowest BCUT2D eigenvalue weighted by Crippen LogP contribution is -2.30. The fraction of sp³-hybridized carbons (Fsp3) is 0.600. The van der Waals surface area contributed by atoms with Crippen molar-refractivity contribution in [3.63, 3.8) is 0 Å². The van der Waals surface area contributed by atoms with Crippen LogP contribution in [0.4, 0.5) is 11.4 Å². The summed E-state index contributed by atoms with van der Waals surface area (Å²) in [6.07, 6.45) is 7.09. The van der Waals surface area contributed by atoms with Gasteiger partial charge in [0.15, 0.2) is 0 Å². The standard InChI is InChI=1S/C15H22N2O2/c1-2-3-4-5-10-16-11-6-7-13-12-14(17(18)19)8-9-15(13)16/h8-9,12H,2-7,10-11H2,1H3. The SMILES string of the molecule is CCCCCCN1CCCc2cc([N+](=O)[O-])ccc21. The second kappa shape index (κ2) is 6.55. The second-order valence-corrected chi connectivity index (χ2v) is 5.22. The molecule has 1 heterocycles. The van der Waals surface area contributed by atoms with Crippen LogP contribution in [0.3, 0.4) is 0 Å². The Bertz CT molecular complexity index is 446. The number of nitro benzene ring substituents is 1. The highest BCUT2D eigenvalue weighted by Gasteiger charge is 2.19. The summed E-state index contributed by atoms with van der Waals surface area (Å²) in [5.41, 5.74) is 2.55. The monoisotopic (exact) mass is 262 g/mol. The summed E-state index contributed by atoms with van der Waals surface area (Å²) in [5.74, 6) is 0. The van der Waals surface area contributed by atoms with Crippen molar-refractivity contribution in [2.24, 2.45) is 0 Å². The summed E-state index contributed by atoms with van der Waals surface area (Å²) in [6.45, 7) is 4.37. The summed E-state index contributed by atoms with van der Waals surface area (Å²) in [5, 5.41) is 10.8. The lowest BCUT2D eigenvalue weighted by molar-refractivity contribution is -0.384. The molecule has 0 saturated heterocycles. The van der Waals surface area contributed by atoms with Crippen LogP contribution in [-0.4, -0.2) is 18.0 Å². The van der Waals surface area contributed by atoms with Crippen LogP contribution in [0.5, 0.6) is 0 Å². The van der Waals surface area contributed by atoms with Crippen LogP contribution in [0.2, 0.25) is 0 Å². The average Bonchev–Trinajstić information content (AvgIpc) is 2.43. The Kier molecular flexibility index (Phi) is 4.77. The Labute approximate surface area is 114 Å². The predicted octanol–water partition coefficient (Wildman–Crippen LogP) is 3.93. The van der Waals surface area contributed by atoms with Gasteiger partial charge < -0.3 is 4.90 Å². The number of aryl methyl sites for hydroxylation is 1. The maximum absolute atomic E-state index is 10.8. The molecule has 0 bridgehead atoms. The van der Waals surface area contributed by atoms with E-state index >= 15 is 0 Å². The minimum atomic E-state index is -0.305. The van der Waals surface area contributed by atoms with Crippen molar-refractivity contribution in [1.29, 1.82) is 0 Å². The Morgan fingerprint density at radius 2 is 2.16 bits per heavy atom. The third kappa shape index (κ3) is 3.46. The minimum Gasteiger partial charge on any atom is -0.371 e. The van der Waals surface area contributed by atoms with Crippen LogP contribution in [0.25, 0.3) is 0 Å². The highest BCUT2D eigenvalue weighted by atomic mass is 16.6. The number of hydrogen-bond donors (Lipinski definition) is 0. The van der Waals surface area contributed by atoms with Gasteiger partial charge in [0.05, 0.1) is 4.92 Å². The number of benzene rings is 1. The molecule has 0 aromatic heterocycles. The number of nitrogens with zero attached hydrogens (tertiary/aromatic N) is 2. The van der Waals surface area contributed by atoms with Crippen molar-refractivity contribution in [2.45, 2.75) is 45.4 Å². The molecule has 0 fully saturated rings. The highest BCUT2D eigenvalue weighted by molar-refractivity contribution is 5.59. The molecule has 0 atom stereocenters. The van der Waals surface area contributed by atoms with Gasteiger partial charge in [0.1, 0.15) is 0 Å². The molecule has 104 valence electrons. The molecule has 0 spiro atoms. The van der Waals surface area contributed by atoms with Crippen LogP contribution in [0.15, 0.2) is 18.2 Å². The molecule has 0 amide bonds. The lowest BCUT2D eigenvalue weighted by Gasteiger charge is -2.31. The molecule has 0 radical (unpaired) electrons. The van der Waals surface area contributed by atoms with E-state index in [1.165, 1.54) is 31.4 Å². The summed E-state index contributed by atoms with van der Waals surface area (Å²) in [7, 11) is 0. The molecular formula is C15H22N2O2. The van der Waals surface area contributed by atoms with Gasteiger partial charge in [-0.05, 0) is 30.9 Å². The van der Waals surface area contributed by atoms with Crippen LogP contribution >= 0.6 is 0 Å². The van der Waals surface area contributed by atoms with E-state index in [1.807, 2.05) is 6.07 Å². The normalized spacial score (nSPS) is 14.3. The zero-order valence-corrected chi connectivity index (χ0v) is 11.6. The molecule has 4 heteroatoms. The van der Waals surface area contributed by atoms with E-state index in [1.54, 1.807) is 12.1 Å². The number of fused-ring (bicyclic) bond motifs is 1. The topological polar surface area (TPSA) is 46.4 Å². The van der Waals surface area contributed by atoms with Crippen molar-refractivity contribution >= 4 is 11.4 Å². The molecule has 19 heavy (non-hydrogen) atoms. The van der Waals surface area contributed by atoms with Crippen LogP contribution < -0.4 is 4.90 Å². The van der Waals surface area contributed by atoms with Crippen LogP contribution in [0, 0.1) is 10.1 Å². The van der Waals surface area contributed by atoms with Crippen molar-refractivity contribution in [3.8, 4) is 0 Å². The number of nitro groups is 1. The molecule has 4 nitrogen and oxygen atoms in total. The van der Waals surface area contributed by atoms with E-state index < -0.39 is 0 Å². The van der Waals surface area contributed by atoms with Gasteiger partial charge in [0.25, 0.3) is 5.69 Å². The number of rotatable bonds is 6. The Morgan fingerprint density at radius 1 is 1.32 bits per heavy atom. The zero-order chi connectivity index (χ0) is 13.7. The number of hydrogen-bond acceptors (Lipinski definition) is 3. The molecule has 0 N–H and O–H groups in total. The molecule has 2 rings (SSSR count). The first-order chi connectivity index (χ1) is 9.22. The molecule has 1 aromatic rings. The van der Waals surface area contributed by atoms with E-state index in [4.69, 9.17) is 0 Å². The molecule has 0 aliphatic carbocycles. The van der Waals surface area contributed by atoms with Crippen molar-refractivity contribution < 1.29 is 4.92 Å². The van der Waals surface area contributed by atoms with E-state index in [2.05, 4.69) is 11.8 Å². The Hall–Kier alpha value is -1.58. The van der Waals surface area contributed by atoms with Gasteiger partial charge in [-0.1, -0.05) is 26.2 Å². The molecular weight excluding hydrogens is 240 g/mol. The second-order valence-electron chi connectivity index (χ2n) is 5.22. The van der Waals surface area contributed by atoms with E-state index in [0.717, 1.165) is 31.5 Å². The van der Waals surface area contributed by atoms with E-state index in [0.29, 0.717) is 0 Å². The van der Waals surface area contributed by atoms with Gasteiger partial charge in [-0.2, -0.15) is 0 Å². The summed E-state index contributed by atoms with van der Waals surface area (Å²) >= 11 is 0. The first kappa shape index (κ1) is 13.8. The van der Waals surface area contributed by atoms with E-state index in [9.17, 15) is 10.1 Å². The minimum absolute atomic E-state index is 0.214. The number of non-ortho nitro benzene ring substituents is 1. The van der Waals surface area contributed by atoms with Gasteiger partial charge in [-0.15, -0.1) is 0 Å². The third-order valence-electron chi connectivity index (χ3n) is 3.77. The number of anilines is 1. The zero-order valence-electron chi connectivity index (χ0n) is 11.6. The first-order valence-electron chi connectivity index (χ1n) is 7.24. The highest BCUT2D eigenvalue weighted by Crippen LogP contribution is 2.30. The summed E-state index contributed by atoms with van der Waals surface area (Å²) in [4.78, 5) is 12.9. The van der Waals surface area contributed by atoms with Crippen molar-refractivity contribution in [2.75, 3.05) is 18.0 Å². The van der Waals surface area contributed by atoms with E-state index in [-0.39, 0.29) is 10.6 Å². The van der Waals surface area contributed by atoms with Crippen LogP contribution in [-0.2, 0) is 6.42 Å². The Balaban J connectivity index is 2.04. The smallest absolute Gasteiger partial charge is 0.269 e. The maximum Gasteiger partial charge on any atom is 0.269 e. The largest absolute Gasteiger partial charge is 0.371 e. The van der Waals surface area contributed by atoms with Crippen LogP contribution in [0.1, 0.15) is 44.6 Å². The van der Waals surface area contributed by atoms with Gasteiger partial charge in [-0.25, -0.2) is 0 Å². The van der Waals surface area contributed by atoms with Gasteiger partial charge in [0.2, 0.25) is 0 Å². The van der Waals surface area contributed by atoms with Gasteiger partial charge >= 0.3 is 0 Å². The maximum atomic E-state index is 10.8. The molecule has 1 aliphatic rings. The molecule has 1 aliphatic heterocycles. The fourth-order valence-electron chi connectivity index (χ4n) is 2.74. The van der Waals surface area contributed by atoms with Gasteiger partial charge in [-0.3, -0.25) is 10.1 Å². The van der Waals surface area contributed by atoms with Crippen molar-refractivity contribution in [3.05, 3.63) is 33.9 Å².